The second-order valence-electron chi connectivity index (χ2n) is 7.99. The van der Waals surface area contributed by atoms with Crippen molar-refractivity contribution in [2.75, 3.05) is 25.2 Å². The second-order valence-corrected chi connectivity index (χ2v) is 11.1. The zero-order valence-electron chi connectivity index (χ0n) is 19.2. The Balaban J connectivity index is 1.85. The van der Waals surface area contributed by atoms with E-state index in [0.717, 1.165) is 41.7 Å². The zero-order valence-corrected chi connectivity index (χ0v) is 20.8. The molecule has 0 fully saturated rings. The van der Waals surface area contributed by atoms with E-state index >= 15 is 0 Å². The monoisotopic (exact) mass is 474 g/mol. The van der Waals surface area contributed by atoms with Crippen molar-refractivity contribution < 1.29 is 13.2 Å². The largest absolute Gasteiger partial charge is 0.325 e. The third-order valence-electron chi connectivity index (χ3n) is 5.20. The van der Waals surface area contributed by atoms with E-state index in [4.69, 9.17) is 0 Å². The summed E-state index contributed by atoms with van der Waals surface area (Å²) in [7, 11) is -0.525. The predicted molar refractivity (Wildman–Crippen MR) is 131 cm³/mol. The normalized spacial score (nSPS) is 11.9. The fourth-order valence-corrected chi connectivity index (χ4v) is 5.05. The van der Waals surface area contributed by atoms with E-state index in [1.165, 1.54) is 30.2 Å². The molecule has 0 atom stereocenters. The number of benzene rings is 2. The number of nitrogens with zero attached hydrogens (tertiary/aromatic N) is 3. The summed E-state index contributed by atoms with van der Waals surface area (Å²) in [5.41, 5.74) is 4.39. The van der Waals surface area contributed by atoms with E-state index in [-0.39, 0.29) is 16.6 Å². The summed E-state index contributed by atoms with van der Waals surface area (Å²) in [6, 6.07) is 11.0. The van der Waals surface area contributed by atoms with Crippen LogP contribution in [0, 0.1) is 13.8 Å². The van der Waals surface area contributed by atoms with E-state index in [9.17, 15) is 13.2 Å². The third kappa shape index (κ3) is 5.33. The van der Waals surface area contributed by atoms with Gasteiger partial charge < -0.3 is 9.88 Å². The first kappa shape index (κ1) is 24.3. The quantitative estimate of drug-likeness (QED) is 0.464. The minimum atomic E-state index is -3.54. The minimum Gasteiger partial charge on any atom is -0.325 e. The van der Waals surface area contributed by atoms with Gasteiger partial charge in [-0.25, -0.2) is 17.7 Å². The lowest BCUT2D eigenvalue weighted by Crippen LogP contribution is -2.22. The molecule has 1 aromatic heterocycles. The standard InChI is InChI=1S/C23H30N4O3S2/c1-6-7-12-27-21-11-10-18(32(29,30)26(4)5)14-20(21)25-23(27)31-15-22(28)24-19-13-16(2)8-9-17(19)3/h8-11,13-14H,6-7,12,15H2,1-5H3,(H,24,28). The van der Waals surface area contributed by atoms with Crippen molar-refractivity contribution in [3.05, 3.63) is 47.5 Å². The molecule has 0 aliphatic carbocycles. The summed E-state index contributed by atoms with van der Waals surface area (Å²) in [4.78, 5) is 17.5. The van der Waals surface area contributed by atoms with E-state index < -0.39 is 10.0 Å². The Bertz CT molecular complexity index is 1230. The summed E-state index contributed by atoms with van der Waals surface area (Å²) in [6.45, 7) is 6.83. The van der Waals surface area contributed by atoms with Gasteiger partial charge in [-0.15, -0.1) is 0 Å². The summed E-state index contributed by atoms with van der Waals surface area (Å²) in [5, 5.41) is 3.69. The van der Waals surface area contributed by atoms with Crippen molar-refractivity contribution in [2.45, 2.75) is 50.2 Å². The number of amides is 1. The van der Waals surface area contributed by atoms with Gasteiger partial charge in [-0.2, -0.15) is 0 Å². The Hall–Kier alpha value is -2.36. The van der Waals surface area contributed by atoms with E-state index in [1.807, 2.05) is 32.0 Å². The predicted octanol–water partition coefficient (Wildman–Crippen LogP) is 4.43. The Kier molecular flexibility index (Phi) is 7.63. The molecular formula is C23H30N4O3S2. The van der Waals surface area contributed by atoms with E-state index in [1.54, 1.807) is 18.2 Å². The molecule has 0 radical (unpaired) electrons. The van der Waals surface area contributed by atoms with Crippen molar-refractivity contribution in [3.63, 3.8) is 0 Å². The molecule has 0 aliphatic heterocycles. The molecule has 32 heavy (non-hydrogen) atoms. The number of aryl methyl sites for hydroxylation is 3. The molecule has 0 saturated heterocycles. The van der Waals surface area contributed by atoms with Crippen LogP contribution in [-0.4, -0.2) is 48.0 Å². The number of fused-ring (bicyclic) bond motifs is 1. The van der Waals surface area contributed by atoms with Crippen LogP contribution in [-0.2, 0) is 21.4 Å². The summed E-state index contributed by atoms with van der Waals surface area (Å²) in [5.74, 6) is 0.111. The lowest BCUT2D eigenvalue weighted by atomic mass is 10.1. The van der Waals surface area contributed by atoms with Crippen LogP contribution in [0.25, 0.3) is 11.0 Å². The van der Waals surface area contributed by atoms with Crippen LogP contribution < -0.4 is 5.32 Å². The van der Waals surface area contributed by atoms with Gasteiger partial charge in [-0.05, 0) is 55.7 Å². The van der Waals surface area contributed by atoms with Crippen molar-refractivity contribution in [2.24, 2.45) is 0 Å². The number of hydrogen-bond acceptors (Lipinski definition) is 5. The van der Waals surface area contributed by atoms with Gasteiger partial charge >= 0.3 is 0 Å². The van der Waals surface area contributed by atoms with Gasteiger partial charge in [0, 0.05) is 26.3 Å². The number of nitrogens with one attached hydrogen (secondary N) is 1. The fraction of sp³-hybridized carbons (Fsp3) is 0.391. The smallest absolute Gasteiger partial charge is 0.242 e. The third-order valence-corrected chi connectivity index (χ3v) is 7.99. The summed E-state index contributed by atoms with van der Waals surface area (Å²) < 4.78 is 28.3. The Morgan fingerprint density at radius 1 is 1.16 bits per heavy atom. The maximum absolute atomic E-state index is 12.6. The maximum atomic E-state index is 12.6. The van der Waals surface area contributed by atoms with Crippen LogP contribution in [0.1, 0.15) is 30.9 Å². The first-order valence-corrected chi connectivity index (χ1v) is 13.0. The first-order chi connectivity index (χ1) is 15.1. The molecule has 172 valence electrons. The number of carbonyl (C=O) groups is 1. The highest BCUT2D eigenvalue weighted by atomic mass is 32.2. The molecule has 9 heteroatoms. The molecule has 7 nitrogen and oxygen atoms in total. The summed E-state index contributed by atoms with van der Waals surface area (Å²) >= 11 is 1.36. The van der Waals surface area contributed by atoms with Crippen molar-refractivity contribution in [1.82, 2.24) is 13.9 Å². The molecule has 0 bridgehead atoms. The molecule has 0 saturated carbocycles. The average molecular weight is 475 g/mol. The van der Waals surface area contributed by atoms with Crippen LogP contribution in [0.4, 0.5) is 5.69 Å². The highest BCUT2D eigenvalue weighted by Crippen LogP contribution is 2.28. The van der Waals surface area contributed by atoms with Gasteiger partial charge in [0.05, 0.1) is 21.7 Å². The molecule has 1 N–H and O–H groups in total. The zero-order chi connectivity index (χ0) is 23.5. The number of sulfonamides is 1. The SMILES string of the molecule is CCCCn1c(SCC(=O)Nc2cc(C)ccc2C)nc2cc(S(=O)(=O)N(C)C)ccc21. The molecule has 3 rings (SSSR count). The average Bonchev–Trinajstić information content (AvgIpc) is 3.09. The molecule has 0 aliphatic rings. The molecule has 0 spiro atoms. The van der Waals surface area contributed by atoms with Crippen molar-refractivity contribution in [3.8, 4) is 0 Å². The minimum absolute atomic E-state index is 0.103. The van der Waals surface area contributed by atoms with Crippen LogP contribution in [0.15, 0.2) is 46.5 Å². The number of hydrogen-bond donors (Lipinski definition) is 1. The number of rotatable bonds is 9. The molecule has 1 amide bonds. The Morgan fingerprint density at radius 2 is 1.91 bits per heavy atom. The summed E-state index contributed by atoms with van der Waals surface area (Å²) in [6.07, 6.45) is 1.98. The van der Waals surface area contributed by atoms with Gasteiger partial charge in [0.25, 0.3) is 0 Å². The molecule has 3 aromatic rings. The van der Waals surface area contributed by atoms with Crippen LogP contribution >= 0.6 is 11.8 Å². The van der Waals surface area contributed by atoms with Crippen LogP contribution in [0.2, 0.25) is 0 Å². The van der Waals surface area contributed by atoms with Gasteiger partial charge in [0.2, 0.25) is 15.9 Å². The number of unbranched alkanes of at least 4 members (excludes halogenated alkanes) is 1. The van der Waals surface area contributed by atoms with Gasteiger partial charge in [0.1, 0.15) is 0 Å². The van der Waals surface area contributed by atoms with Gasteiger partial charge in [0.15, 0.2) is 5.16 Å². The lowest BCUT2D eigenvalue weighted by Gasteiger charge is -2.12. The Morgan fingerprint density at radius 3 is 2.59 bits per heavy atom. The first-order valence-electron chi connectivity index (χ1n) is 10.6. The topological polar surface area (TPSA) is 84.3 Å². The molecule has 2 aromatic carbocycles. The number of anilines is 1. The van der Waals surface area contributed by atoms with Crippen LogP contribution in [0.3, 0.4) is 0 Å². The van der Waals surface area contributed by atoms with Crippen molar-refractivity contribution in [1.29, 1.82) is 0 Å². The number of carbonyl (C=O) groups excluding carboxylic acids is 1. The highest BCUT2D eigenvalue weighted by Gasteiger charge is 2.20. The highest BCUT2D eigenvalue weighted by molar-refractivity contribution is 7.99. The number of thioether (sulfide) groups is 1. The number of imidazole rings is 1. The van der Waals surface area contributed by atoms with E-state index in [2.05, 4.69) is 21.8 Å². The van der Waals surface area contributed by atoms with Crippen molar-refractivity contribution >= 4 is 44.4 Å². The lowest BCUT2D eigenvalue weighted by molar-refractivity contribution is -0.113. The second kappa shape index (κ2) is 10.1. The van der Waals surface area contributed by atoms with Gasteiger partial charge in [-0.1, -0.05) is 37.2 Å². The fourth-order valence-electron chi connectivity index (χ4n) is 3.29. The maximum Gasteiger partial charge on any atom is 0.242 e. The molecule has 1 heterocycles. The number of aromatic nitrogens is 2. The van der Waals surface area contributed by atoms with Crippen LogP contribution in [0.5, 0.6) is 0 Å². The Labute approximate surface area is 194 Å². The molecule has 0 unspecified atom stereocenters. The van der Waals surface area contributed by atoms with E-state index in [0.29, 0.717) is 10.7 Å². The van der Waals surface area contributed by atoms with Gasteiger partial charge in [-0.3, -0.25) is 4.79 Å². The molecular weight excluding hydrogens is 444 g/mol.